The quantitative estimate of drug-likeness (QED) is 0.433. The lowest BCUT2D eigenvalue weighted by Gasteiger charge is -2.31. The van der Waals surface area contributed by atoms with Gasteiger partial charge in [-0.3, -0.25) is 9.20 Å². The maximum Gasteiger partial charge on any atom is 0.254 e. The molecule has 0 saturated carbocycles. The van der Waals surface area contributed by atoms with Crippen molar-refractivity contribution in [1.82, 2.24) is 19.7 Å². The maximum absolute atomic E-state index is 12.9. The van der Waals surface area contributed by atoms with Crippen LogP contribution < -0.4 is 15.5 Å². The van der Waals surface area contributed by atoms with Crippen LogP contribution >= 0.6 is 0 Å². The van der Waals surface area contributed by atoms with Gasteiger partial charge in [0.15, 0.2) is 0 Å². The Morgan fingerprint density at radius 2 is 1.91 bits per heavy atom. The Morgan fingerprint density at radius 3 is 2.71 bits per heavy atom. The van der Waals surface area contributed by atoms with Gasteiger partial charge in [0.2, 0.25) is 0 Å². The number of hydrogen-bond acceptors (Lipinski definition) is 6. The molecule has 0 aliphatic carbocycles. The third-order valence-corrected chi connectivity index (χ3v) is 6.79. The molecule has 1 saturated heterocycles. The lowest BCUT2D eigenvalue weighted by molar-refractivity contribution is 0.0959. The van der Waals surface area contributed by atoms with E-state index in [9.17, 15) is 9.90 Å². The zero-order chi connectivity index (χ0) is 23.2. The first-order valence-electron chi connectivity index (χ1n) is 11.6. The molecule has 1 fully saturated rings. The minimum atomic E-state index is -0.204. The average Bonchev–Trinajstić information content (AvgIpc) is 3.41. The molecule has 0 bridgehead atoms. The molecule has 0 spiro atoms. The summed E-state index contributed by atoms with van der Waals surface area (Å²) in [6.45, 7) is 3.65. The first kappa shape index (κ1) is 20.7. The smallest absolute Gasteiger partial charge is 0.254 e. The molecule has 2 aliphatic heterocycles. The van der Waals surface area contributed by atoms with Crippen molar-refractivity contribution in [1.29, 1.82) is 0 Å². The van der Waals surface area contributed by atoms with Crippen LogP contribution in [0.3, 0.4) is 0 Å². The normalized spacial score (nSPS) is 18.2. The zero-order valence-corrected chi connectivity index (χ0v) is 18.9. The molecule has 6 rings (SSSR count). The SMILES string of the molecule is CC1NC(=O)c2c(Nc3ccc(N4CCC(O)CC4)cn3)ccc(-c3cnc4ccccn34)c21. The van der Waals surface area contributed by atoms with Crippen LogP contribution in [0.1, 0.15) is 41.7 Å². The fourth-order valence-corrected chi connectivity index (χ4v) is 5.02. The van der Waals surface area contributed by atoms with Crippen molar-refractivity contribution in [3.05, 3.63) is 72.2 Å². The van der Waals surface area contributed by atoms with Gasteiger partial charge in [-0.1, -0.05) is 12.1 Å². The molecule has 1 atom stereocenters. The predicted molar refractivity (Wildman–Crippen MR) is 131 cm³/mol. The molecule has 1 unspecified atom stereocenters. The number of pyridine rings is 2. The number of anilines is 3. The lowest BCUT2D eigenvalue weighted by Crippen LogP contribution is -2.35. The summed E-state index contributed by atoms with van der Waals surface area (Å²) in [5.74, 6) is 0.585. The number of aromatic nitrogens is 3. The molecule has 1 aromatic carbocycles. The second kappa shape index (κ2) is 8.14. The van der Waals surface area contributed by atoms with Gasteiger partial charge in [0.05, 0.1) is 47.2 Å². The van der Waals surface area contributed by atoms with E-state index < -0.39 is 0 Å². The van der Waals surface area contributed by atoms with E-state index in [2.05, 4.69) is 25.5 Å². The second-order valence-electron chi connectivity index (χ2n) is 8.96. The van der Waals surface area contributed by atoms with Gasteiger partial charge in [0.1, 0.15) is 11.5 Å². The molecule has 172 valence electrons. The number of benzene rings is 1. The largest absolute Gasteiger partial charge is 0.393 e. The number of rotatable bonds is 4. The highest BCUT2D eigenvalue weighted by Gasteiger charge is 2.32. The van der Waals surface area contributed by atoms with Gasteiger partial charge < -0.3 is 20.6 Å². The zero-order valence-electron chi connectivity index (χ0n) is 18.9. The van der Waals surface area contributed by atoms with E-state index in [1.54, 1.807) is 0 Å². The Morgan fingerprint density at radius 1 is 1.06 bits per heavy atom. The molecular weight excluding hydrogens is 428 g/mol. The molecule has 34 heavy (non-hydrogen) atoms. The molecule has 1 amide bonds. The van der Waals surface area contributed by atoms with Crippen molar-refractivity contribution >= 4 is 28.7 Å². The van der Waals surface area contributed by atoms with Crippen molar-refractivity contribution in [2.24, 2.45) is 0 Å². The van der Waals surface area contributed by atoms with Crippen LogP contribution in [0, 0.1) is 0 Å². The minimum Gasteiger partial charge on any atom is -0.393 e. The number of piperidine rings is 1. The van der Waals surface area contributed by atoms with E-state index in [4.69, 9.17) is 0 Å². The Hall–Kier alpha value is -3.91. The number of fused-ring (bicyclic) bond motifs is 2. The fraction of sp³-hybridized carbons (Fsp3) is 0.269. The molecular formula is C26H26N6O2. The molecule has 0 radical (unpaired) electrons. The third kappa shape index (κ3) is 3.47. The highest BCUT2D eigenvalue weighted by atomic mass is 16.3. The fourth-order valence-electron chi connectivity index (χ4n) is 5.02. The van der Waals surface area contributed by atoms with E-state index in [1.807, 2.05) is 72.4 Å². The molecule has 3 N–H and O–H groups in total. The monoisotopic (exact) mass is 454 g/mol. The van der Waals surface area contributed by atoms with E-state index in [0.717, 1.165) is 59.8 Å². The number of carbonyl (C=O) groups is 1. The number of aliphatic hydroxyl groups excluding tert-OH is 1. The van der Waals surface area contributed by atoms with Crippen molar-refractivity contribution < 1.29 is 9.90 Å². The summed E-state index contributed by atoms with van der Waals surface area (Å²) in [5.41, 5.74) is 6.19. The molecule has 8 nitrogen and oxygen atoms in total. The number of hydrogen-bond donors (Lipinski definition) is 3. The molecule has 2 aliphatic rings. The van der Waals surface area contributed by atoms with Gasteiger partial charge in [-0.15, -0.1) is 0 Å². The van der Waals surface area contributed by atoms with E-state index in [1.165, 1.54) is 0 Å². The summed E-state index contributed by atoms with van der Waals surface area (Å²) in [6.07, 6.45) is 7.03. The Bertz CT molecular complexity index is 1370. The Labute approximate surface area is 197 Å². The van der Waals surface area contributed by atoms with Gasteiger partial charge in [-0.2, -0.15) is 0 Å². The van der Waals surface area contributed by atoms with Crippen LogP contribution in [0.4, 0.5) is 17.2 Å². The lowest BCUT2D eigenvalue weighted by atomic mass is 9.95. The number of carbonyl (C=O) groups excluding carboxylic acids is 1. The van der Waals surface area contributed by atoms with E-state index in [0.29, 0.717) is 11.4 Å². The average molecular weight is 455 g/mol. The molecule has 3 aromatic heterocycles. The maximum atomic E-state index is 12.9. The summed E-state index contributed by atoms with van der Waals surface area (Å²) in [4.78, 5) is 24.3. The summed E-state index contributed by atoms with van der Waals surface area (Å²) >= 11 is 0. The van der Waals surface area contributed by atoms with Gasteiger partial charge in [0, 0.05) is 24.8 Å². The van der Waals surface area contributed by atoms with Gasteiger partial charge in [0.25, 0.3) is 5.91 Å². The highest BCUT2D eigenvalue weighted by molar-refractivity contribution is 6.06. The van der Waals surface area contributed by atoms with Crippen molar-refractivity contribution in [3.63, 3.8) is 0 Å². The van der Waals surface area contributed by atoms with Gasteiger partial charge in [-0.05, 0) is 55.7 Å². The van der Waals surface area contributed by atoms with E-state index >= 15 is 0 Å². The second-order valence-corrected chi connectivity index (χ2v) is 8.96. The summed E-state index contributed by atoms with van der Waals surface area (Å²) in [7, 11) is 0. The van der Waals surface area contributed by atoms with Gasteiger partial charge in [-0.25, -0.2) is 9.97 Å². The first-order valence-corrected chi connectivity index (χ1v) is 11.6. The highest BCUT2D eigenvalue weighted by Crippen LogP contribution is 2.39. The van der Waals surface area contributed by atoms with Crippen LogP contribution in [-0.4, -0.2) is 44.6 Å². The number of nitrogens with zero attached hydrogens (tertiary/aromatic N) is 4. The third-order valence-electron chi connectivity index (χ3n) is 6.79. The number of aliphatic hydroxyl groups is 1. The van der Waals surface area contributed by atoms with Gasteiger partial charge >= 0.3 is 0 Å². The summed E-state index contributed by atoms with van der Waals surface area (Å²) in [6, 6.07) is 13.7. The van der Waals surface area contributed by atoms with Crippen molar-refractivity contribution in [3.8, 4) is 11.3 Å². The first-order chi connectivity index (χ1) is 16.6. The van der Waals surface area contributed by atoms with Crippen LogP contribution in [-0.2, 0) is 0 Å². The number of imidazole rings is 1. The topological polar surface area (TPSA) is 94.8 Å². The van der Waals surface area contributed by atoms with E-state index in [-0.39, 0.29) is 18.1 Å². The van der Waals surface area contributed by atoms with Crippen LogP contribution in [0.2, 0.25) is 0 Å². The van der Waals surface area contributed by atoms with Crippen LogP contribution in [0.15, 0.2) is 61.1 Å². The minimum absolute atomic E-state index is 0.0934. The number of nitrogens with one attached hydrogen (secondary N) is 2. The standard InChI is InChI=1S/C26H26N6O2/c1-16-24-19(21-15-28-23-4-2-3-11-32(21)23)6-7-20(25(24)26(34)29-16)30-22-8-5-17(14-27-22)31-12-9-18(33)10-13-31/h2-8,11,14-16,18,33H,9-10,12-13H2,1H3,(H,27,30)(H,29,34). The Balaban J connectivity index is 1.33. The van der Waals surface area contributed by atoms with Crippen molar-refractivity contribution in [2.45, 2.75) is 31.9 Å². The molecule has 5 heterocycles. The molecule has 4 aromatic rings. The summed E-state index contributed by atoms with van der Waals surface area (Å²) in [5, 5.41) is 16.1. The molecule has 8 heteroatoms. The van der Waals surface area contributed by atoms with Crippen LogP contribution in [0.25, 0.3) is 16.9 Å². The predicted octanol–water partition coefficient (Wildman–Crippen LogP) is 3.91. The number of amides is 1. The summed E-state index contributed by atoms with van der Waals surface area (Å²) < 4.78 is 2.04. The Kier molecular flexibility index (Phi) is 4.95. The van der Waals surface area contributed by atoms with Crippen molar-refractivity contribution in [2.75, 3.05) is 23.3 Å². The van der Waals surface area contributed by atoms with Crippen LogP contribution in [0.5, 0.6) is 0 Å².